The Morgan fingerprint density at radius 1 is 1.41 bits per heavy atom. The number of hydrogen-bond acceptors (Lipinski definition) is 3. The van der Waals surface area contributed by atoms with E-state index in [1.807, 2.05) is 11.8 Å². The molecule has 1 aliphatic heterocycles. The molecule has 0 radical (unpaired) electrons. The molecule has 0 amide bonds. The molecule has 1 N–H and O–H groups in total. The van der Waals surface area contributed by atoms with E-state index in [0.717, 1.165) is 12.2 Å². The molecule has 1 saturated heterocycles. The molecule has 1 aliphatic rings. The number of hydrogen-bond donors (Lipinski definition) is 1. The van der Waals surface area contributed by atoms with E-state index in [0.29, 0.717) is 11.8 Å². The Kier molecular flexibility index (Phi) is 3.85. The predicted octanol–water partition coefficient (Wildman–Crippen LogP) is 3.14. The van der Waals surface area contributed by atoms with Crippen LogP contribution in [0.3, 0.4) is 0 Å². The lowest BCUT2D eigenvalue weighted by Crippen LogP contribution is -2.15. The molecule has 90 valence electrons. The molecule has 0 aromatic heterocycles. The highest BCUT2D eigenvalue weighted by atomic mass is 32.2. The predicted molar refractivity (Wildman–Crippen MR) is 65.0 cm³/mol. The molecule has 0 aliphatic carbocycles. The van der Waals surface area contributed by atoms with Crippen LogP contribution in [0, 0.1) is 23.0 Å². The first-order chi connectivity index (χ1) is 8.22. The van der Waals surface area contributed by atoms with Crippen molar-refractivity contribution >= 4 is 17.4 Å². The molecule has 1 aromatic carbocycles. The zero-order valence-electron chi connectivity index (χ0n) is 9.17. The zero-order valence-corrected chi connectivity index (χ0v) is 9.99. The molecule has 2 rings (SSSR count). The van der Waals surface area contributed by atoms with Crippen molar-refractivity contribution in [3.63, 3.8) is 0 Å². The number of anilines is 1. The highest BCUT2D eigenvalue weighted by Crippen LogP contribution is 2.27. The number of nitriles is 1. The lowest BCUT2D eigenvalue weighted by Gasteiger charge is -2.12. The smallest absolute Gasteiger partial charge is 0.183 e. The minimum absolute atomic E-state index is 0.133. The molecule has 1 heterocycles. The normalized spacial score (nSPS) is 19.0. The molecule has 1 atom stereocenters. The van der Waals surface area contributed by atoms with Gasteiger partial charge in [-0.05, 0) is 30.7 Å². The molecular formula is C12H12F2N2S. The summed E-state index contributed by atoms with van der Waals surface area (Å²) >= 11 is 1.85. The maximum atomic E-state index is 13.5. The third kappa shape index (κ3) is 2.70. The van der Waals surface area contributed by atoms with Gasteiger partial charge in [-0.1, -0.05) is 0 Å². The van der Waals surface area contributed by atoms with Crippen molar-refractivity contribution in [2.24, 2.45) is 0 Å². The van der Waals surface area contributed by atoms with Crippen molar-refractivity contribution in [1.82, 2.24) is 0 Å². The van der Waals surface area contributed by atoms with Crippen LogP contribution in [-0.2, 0) is 0 Å². The summed E-state index contributed by atoms with van der Waals surface area (Å²) in [5.74, 6) is -0.903. The molecule has 0 bridgehead atoms. The van der Waals surface area contributed by atoms with Gasteiger partial charge in [0.2, 0.25) is 0 Å². The second kappa shape index (κ2) is 5.37. The van der Waals surface area contributed by atoms with E-state index in [1.54, 1.807) is 6.07 Å². The van der Waals surface area contributed by atoms with Crippen LogP contribution < -0.4 is 5.32 Å². The summed E-state index contributed by atoms with van der Waals surface area (Å²) in [7, 11) is 0. The average Bonchev–Trinajstić information content (AvgIpc) is 2.84. The SMILES string of the molecule is N#Cc1ccc(NCC2CCCS2)c(F)c1F. The number of thioether (sulfide) groups is 1. The molecule has 0 spiro atoms. The largest absolute Gasteiger partial charge is 0.381 e. The van der Waals surface area contributed by atoms with Crippen molar-refractivity contribution in [2.75, 3.05) is 17.6 Å². The standard InChI is InChI=1S/C12H12F2N2S/c13-11-8(6-15)3-4-10(12(11)14)16-7-9-2-1-5-17-9/h3-4,9,16H,1-2,5,7H2. The van der Waals surface area contributed by atoms with E-state index >= 15 is 0 Å². The van der Waals surface area contributed by atoms with Crippen molar-refractivity contribution < 1.29 is 8.78 Å². The first kappa shape index (κ1) is 12.2. The molecule has 0 saturated carbocycles. The minimum atomic E-state index is -1.07. The Morgan fingerprint density at radius 3 is 2.88 bits per heavy atom. The molecule has 5 heteroatoms. The quantitative estimate of drug-likeness (QED) is 0.900. The minimum Gasteiger partial charge on any atom is -0.381 e. The number of rotatable bonds is 3. The molecule has 2 nitrogen and oxygen atoms in total. The fraction of sp³-hybridized carbons (Fsp3) is 0.417. The highest BCUT2D eigenvalue weighted by Gasteiger charge is 2.17. The van der Waals surface area contributed by atoms with Gasteiger partial charge >= 0.3 is 0 Å². The Morgan fingerprint density at radius 2 is 2.24 bits per heavy atom. The summed E-state index contributed by atoms with van der Waals surface area (Å²) in [6, 6.07) is 4.32. The van der Waals surface area contributed by atoms with Gasteiger partial charge in [0.05, 0.1) is 11.3 Å². The van der Waals surface area contributed by atoms with E-state index in [2.05, 4.69) is 5.32 Å². The van der Waals surface area contributed by atoms with Gasteiger partial charge in [0, 0.05) is 11.8 Å². The van der Waals surface area contributed by atoms with E-state index in [-0.39, 0.29) is 11.3 Å². The number of nitrogens with one attached hydrogen (secondary N) is 1. The number of benzene rings is 1. The molecular weight excluding hydrogens is 242 g/mol. The third-order valence-electron chi connectivity index (χ3n) is 2.75. The maximum Gasteiger partial charge on any atom is 0.183 e. The zero-order chi connectivity index (χ0) is 12.3. The van der Waals surface area contributed by atoms with Crippen LogP contribution in [0.2, 0.25) is 0 Å². The van der Waals surface area contributed by atoms with Gasteiger partial charge in [-0.25, -0.2) is 8.78 Å². The van der Waals surface area contributed by atoms with E-state index in [1.165, 1.54) is 18.6 Å². The molecule has 1 fully saturated rings. The third-order valence-corrected chi connectivity index (χ3v) is 4.15. The van der Waals surface area contributed by atoms with Crippen LogP contribution in [0.25, 0.3) is 0 Å². The summed E-state index contributed by atoms with van der Waals surface area (Å²) in [4.78, 5) is 0. The summed E-state index contributed by atoms with van der Waals surface area (Å²) in [6.07, 6.45) is 2.29. The lowest BCUT2D eigenvalue weighted by molar-refractivity contribution is 0.508. The van der Waals surface area contributed by atoms with Gasteiger partial charge in [-0.15, -0.1) is 0 Å². The first-order valence-electron chi connectivity index (χ1n) is 5.46. The average molecular weight is 254 g/mol. The molecule has 1 aromatic rings. The van der Waals surface area contributed by atoms with Crippen molar-refractivity contribution in [3.8, 4) is 6.07 Å². The topological polar surface area (TPSA) is 35.8 Å². The van der Waals surface area contributed by atoms with Crippen LogP contribution in [0.4, 0.5) is 14.5 Å². The summed E-state index contributed by atoms with van der Waals surface area (Å²) in [5, 5.41) is 11.9. The van der Waals surface area contributed by atoms with Crippen molar-refractivity contribution in [1.29, 1.82) is 5.26 Å². The van der Waals surface area contributed by atoms with Crippen LogP contribution >= 0.6 is 11.8 Å². The number of halogens is 2. The van der Waals surface area contributed by atoms with Crippen LogP contribution in [0.1, 0.15) is 18.4 Å². The van der Waals surface area contributed by atoms with E-state index in [9.17, 15) is 8.78 Å². The van der Waals surface area contributed by atoms with Gasteiger partial charge in [0.15, 0.2) is 11.6 Å². The fourth-order valence-corrected chi connectivity index (χ4v) is 3.00. The van der Waals surface area contributed by atoms with Crippen LogP contribution in [0.15, 0.2) is 12.1 Å². The van der Waals surface area contributed by atoms with Crippen LogP contribution in [0.5, 0.6) is 0 Å². The van der Waals surface area contributed by atoms with Gasteiger partial charge in [-0.2, -0.15) is 17.0 Å². The monoisotopic (exact) mass is 254 g/mol. The Balaban J connectivity index is 2.06. The van der Waals surface area contributed by atoms with E-state index in [4.69, 9.17) is 5.26 Å². The summed E-state index contributed by atoms with van der Waals surface area (Å²) in [5.41, 5.74) is -0.128. The Bertz CT molecular complexity index is 451. The first-order valence-corrected chi connectivity index (χ1v) is 6.51. The second-order valence-corrected chi connectivity index (χ2v) is 5.32. The van der Waals surface area contributed by atoms with Gasteiger partial charge in [0.25, 0.3) is 0 Å². The second-order valence-electron chi connectivity index (χ2n) is 3.92. The summed E-state index contributed by atoms with van der Waals surface area (Å²) < 4.78 is 26.8. The fourth-order valence-electron chi connectivity index (χ4n) is 1.80. The Hall–Kier alpha value is -1.28. The van der Waals surface area contributed by atoms with Crippen molar-refractivity contribution in [2.45, 2.75) is 18.1 Å². The van der Waals surface area contributed by atoms with Gasteiger partial charge in [0.1, 0.15) is 6.07 Å². The van der Waals surface area contributed by atoms with E-state index < -0.39 is 11.6 Å². The number of nitrogens with zero attached hydrogens (tertiary/aromatic N) is 1. The summed E-state index contributed by atoms with van der Waals surface area (Å²) in [6.45, 7) is 0.632. The van der Waals surface area contributed by atoms with Gasteiger partial charge < -0.3 is 5.32 Å². The lowest BCUT2D eigenvalue weighted by atomic mass is 10.2. The Labute approximate surface area is 103 Å². The highest BCUT2D eigenvalue weighted by molar-refractivity contribution is 8.00. The molecule has 1 unspecified atom stereocenters. The van der Waals surface area contributed by atoms with Crippen molar-refractivity contribution in [3.05, 3.63) is 29.3 Å². The maximum absolute atomic E-state index is 13.5. The van der Waals surface area contributed by atoms with Gasteiger partial charge in [-0.3, -0.25) is 0 Å². The van der Waals surface area contributed by atoms with Crippen LogP contribution in [-0.4, -0.2) is 17.5 Å². The molecule has 17 heavy (non-hydrogen) atoms.